The second kappa shape index (κ2) is 26.2. The van der Waals surface area contributed by atoms with Crippen molar-refractivity contribution in [2.24, 2.45) is 5.41 Å². The summed E-state index contributed by atoms with van der Waals surface area (Å²) in [5.74, 6) is -1.96. The molecule has 3 N–H and O–H groups in total. The Morgan fingerprint density at radius 3 is 2.23 bits per heavy atom. The summed E-state index contributed by atoms with van der Waals surface area (Å²) in [6.45, 7) is 11.7. The van der Waals surface area contributed by atoms with Crippen LogP contribution in [0.1, 0.15) is 121 Å². The number of likely N-dealkylation sites (tertiary alicyclic amines) is 2. The van der Waals surface area contributed by atoms with Crippen LogP contribution in [0.25, 0.3) is 43.9 Å². The number of aliphatic hydroxyl groups excluding tert-OH is 1. The highest BCUT2D eigenvalue weighted by atomic mass is 32.1. The van der Waals surface area contributed by atoms with Crippen LogP contribution in [0.4, 0.5) is 8.78 Å². The molecule has 3 aliphatic rings. The van der Waals surface area contributed by atoms with E-state index in [-0.39, 0.29) is 67.7 Å². The minimum atomic E-state index is -0.872. The number of piperidine rings is 1. The SMILES string of the molecule is Cc1ncsc1-c1ccc(CNC(=O)[C@@H]2C[C@@H](O)CN2C(=O)[C@@H](NC(=O)CCCCCCCCCC(=O)N2CCC(n3cc(-c4cnc5cccc(-c6cc(F)c(CN7CCOCC7)c(F)c6)c5n4)cn3)CC2)C(C)(C)C)cc1. The number of benzene rings is 3. The van der Waals surface area contributed by atoms with Gasteiger partial charge in [-0.1, -0.05) is 89.3 Å². The zero-order valence-electron chi connectivity index (χ0n) is 45.9. The topological polar surface area (TPSA) is 188 Å². The number of aryl methyl sites for hydroxylation is 1. The second-order valence-corrected chi connectivity index (χ2v) is 23.3. The van der Waals surface area contributed by atoms with Crippen molar-refractivity contribution in [3.8, 4) is 32.8 Å². The molecular formula is C60H74F2N10O6S. The Morgan fingerprint density at radius 1 is 0.848 bits per heavy atom. The molecule has 3 atom stereocenters. The second-order valence-electron chi connectivity index (χ2n) is 22.5. The van der Waals surface area contributed by atoms with Crippen molar-refractivity contribution in [1.29, 1.82) is 0 Å². The number of β-amino-alcohol motifs (C(OH)–C–C–N with tert-alkyl or cyclic N) is 1. The lowest BCUT2D eigenvalue weighted by molar-refractivity contribution is -0.144. The van der Waals surface area contributed by atoms with Crippen LogP contribution in [0.15, 0.2) is 78.7 Å². The van der Waals surface area contributed by atoms with Gasteiger partial charge in [-0.25, -0.2) is 18.7 Å². The van der Waals surface area contributed by atoms with Gasteiger partial charge in [-0.15, -0.1) is 11.3 Å². The van der Waals surface area contributed by atoms with Crippen molar-refractivity contribution in [2.45, 2.75) is 142 Å². The van der Waals surface area contributed by atoms with Crippen LogP contribution in [0.3, 0.4) is 0 Å². The minimum absolute atomic E-state index is 0.0184. The third kappa shape index (κ3) is 14.5. The molecule has 0 radical (unpaired) electrons. The summed E-state index contributed by atoms with van der Waals surface area (Å²) in [5, 5.41) is 21.2. The summed E-state index contributed by atoms with van der Waals surface area (Å²) in [6.07, 6.45) is 13.3. The van der Waals surface area contributed by atoms with Crippen LogP contribution in [-0.2, 0) is 37.0 Å². The van der Waals surface area contributed by atoms with Crippen molar-refractivity contribution in [3.05, 3.63) is 107 Å². The monoisotopic (exact) mass is 1100 g/mol. The number of hydrogen-bond acceptors (Lipinski definition) is 12. The highest BCUT2D eigenvalue weighted by Crippen LogP contribution is 2.33. The largest absolute Gasteiger partial charge is 0.391 e. The van der Waals surface area contributed by atoms with E-state index in [0.717, 1.165) is 78.6 Å². The van der Waals surface area contributed by atoms with Crippen LogP contribution in [-0.4, -0.2) is 132 Å². The number of thiazole rings is 1. The first kappa shape index (κ1) is 57.2. The molecule has 79 heavy (non-hydrogen) atoms. The zero-order valence-corrected chi connectivity index (χ0v) is 46.7. The van der Waals surface area contributed by atoms with Crippen LogP contribution in [0.5, 0.6) is 0 Å². The van der Waals surface area contributed by atoms with Crippen molar-refractivity contribution >= 4 is 46.0 Å². The standard InChI is InChI=1S/C60H74F2N10O6S/c1-39-56(79-38-65-39)41-19-17-40(18-20-41)32-64-58(76)52-31-45(73)36-71(52)59(77)57(60(2,3)4)68-53(74)15-10-8-6-5-7-9-11-16-54(75)70-23-21-44(22-24-70)72-35-43(33-66-72)51-34-63-50-14-12-13-46(55(50)67-51)42-29-48(61)47(49(62)30-42)37-69-25-27-78-28-26-69/h12-14,17-20,29-30,33-35,38,44-45,52,57,73H,5-11,15-16,21-28,31-32,36-37H2,1-4H3,(H,64,76)(H,68,74)/t45-,52+,57-/m1/s1. The summed E-state index contributed by atoms with van der Waals surface area (Å²) >= 11 is 1.58. The number of nitrogens with zero attached hydrogens (tertiary/aromatic N) is 8. The summed E-state index contributed by atoms with van der Waals surface area (Å²) in [6, 6.07) is 14.5. The fraction of sp³-hybridized carbons (Fsp3) is 0.500. The molecule has 0 spiro atoms. The number of fused-ring (bicyclic) bond motifs is 1. The molecule has 3 aromatic carbocycles. The molecule has 0 bridgehead atoms. The Bertz CT molecular complexity index is 3050. The van der Waals surface area contributed by atoms with E-state index in [4.69, 9.17) is 9.72 Å². The van der Waals surface area contributed by atoms with Crippen LogP contribution in [0.2, 0.25) is 0 Å². The predicted molar refractivity (Wildman–Crippen MR) is 300 cm³/mol. The summed E-state index contributed by atoms with van der Waals surface area (Å²) in [5.41, 5.74) is 7.66. The first-order valence-electron chi connectivity index (χ1n) is 28.0. The molecule has 4 amide bonds. The number of hydrogen-bond donors (Lipinski definition) is 3. The van der Waals surface area contributed by atoms with E-state index in [9.17, 15) is 24.3 Å². The van der Waals surface area contributed by atoms with E-state index < -0.39 is 35.2 Å². The quantitative estimate of drug-likeness (QED) is 0.0583. The predicted octanol–water partition coefficient (Wildman–Crippen LogP) is 9.19. The highest BCUT2D eigenvalue weighted by Gasteiger charge is 2.44. The van der Waals surface area contributed by atoms with Crippen molar-refractivity contribution in [3.63, 3.8) is 0 Å². The van der Waals surface area contributed by atoms with Crippen molar-refractivity contribution in [2.75, 3.05) is 45.9 Å². The maximum absolute atomic E-state index is 15.5. The maximum atomic E-state index is 15.5. The number of para-hydroxylation sites is 1. The smallest absolute Gasteiger partial charge is 0.246 e. The average Bonchev–Trinajstić information content (AvgIpc) is 4.32. The van der Waals surface area contributed by atoms with Gasteiger partial charge in [-0.3, -0.25) is 33.7 Å². The number of rotatable bonds is 21. The number of carbonyl (C=O) groups is 4. The molecule has 0 aliphatic carbocycles. The molecule has 16 nitrogen and oxygen atoms in total. The van der Waals surface area contributed by atoms with Crippen LogP contribution in [0, 0.1) is 24.0 Å². The molecule has 9 rings (SSSR count). The third-order valence-electron chi connectivity index (χ3n) is 15.6. The van der Waals surface area contributed by atoms with E-state index >= 15 is 8.78 Å². The molecule has 3 aliphatic heterocycles. The molecule has 3 saturated heterocycles. The molecule has 3 fully saturated rings. The number of amides is 4. The number of nitrogens with one attached hydrogen (secondary N) is 2. The third-order valence-corrected chi connectivity index (χ3v) is 16.6. The zero-order chi connectivity index (χ0) is 55.6. The van der Waals surface area contributed by atoms with E-state index in [2.05, 4.69) is 25.7 Å². The molecular weight excluding hydrogens is 1030 g/mol. The van der Waals surface area contributed by atoms with Gasteiger partial charge in [0.05, 0.1) is 70.6 Å². The van der Waals surface area contributed by atoms with Gasteiger partial charge in [0.15, 0.2) is 0 Å². The van der Waals surface area contributed by atoms with E-state index in [1.807, 2.05) is 90.3 Å². The minimum Gasteiger partial charge on any atom is -0.391 e. The van der Waals surface area contributed by atoms with E-state index in [0.29, 0.717) is 80.1 Å². The fourth-order valence-electron chi connectivity index (χ4n) is 11.0. The summed E-state index contributed by atoms with van der Waals surface area (Å²) < 4.78 is 38.3. The molecule has 19 heteroatoms. The number of ether oxygens (including phenoxy) is 1. The maximum Gasteiger partial charge on any atom is 0.246 e. The highest BCUT2D eigenvalue weighted by molar-refractivity contribution is 7.13. The molecule has 420 valence electrons. The van der Waals surface area contributed by atoms with Crippen molar-refractivity contribution < 1.29 is 37.8 Å². The summed E-state index contributed by atoms with van der Waals surface area (Å²) in [7, 11) is 0. The van der Waals surface area contributed by atoms with Gasteiger partial charge in [0, 0.05) is 88.0 Å². The van der Waals surface area contributed by atoms with Gasteiger partial charge in [-0.05, 0) is 72.9 Å². The van der Waals surface area contributed by atoms with Crippen molar-refractivity contribution in [1.82, 2.24) is 50.1 Å². The lowest BCUT2D eigenvalue weighted by atomic mass is 9.85. The Morgan fingerprint density at radius 2 is 1.54 bits per heavy atom. The summed E-state index contributed by atoms with van der Waals surface area (Å²) in [4.78, 5) is 74.4. The molecule has 6 heterocycles. The Kier molecular flexibility index (Phi) is 18.9. The number of carbonyl (C=O) groups excluding carboxylic acids is 4. The number of unbranched alkanes of at least 4 members (excludes halogenated alkanes) is 6. The first-order chi connectivity index (χ1) is 38.1. The van der Waals surface area contributed by atoms with Gasteiger partial charge in [0.2, 0.25) is 23.6 Å². The van der Waals surface area contributed by atoms with Gasteiger partial charge in [-0.2, -0.15) is 5.10 Å². The fourth-order valence-corrected chi connectivity index (χ4v) is 11.8. The lowest BCUT2D eigenvalue weighted by Crippen LogP contribution is -2.57. The number of morpholine rings is 1. The number of aliphatic hydroxyl groups is 1. The molecule has 0 saturated carbocycles. The first-order valence-corrected chi connectivity index (χ1v) is 28.9. The molecule has 6 aromatic rings. The van der Waals surface area contributed by atoms with Crippen LogP contribution < -0.4 is 10.6 Å². The van der Waals surface area contributed by atoms with Gasteiger partial charge < -0.3 is 30.3 Å². The van der Waals surface area contributed by atoms with Crippen LogP contribution >= 0.6 is 11.3 Å². The number of aromatic nitrogens is 5. The van der Waals surface area contributed by atoms with Gasteiger partial charge >= 0.3 is 0 Å². The van der Waals surface area contributed by atoms with Gasteiger partial charge in [0.25, 0.3) is 0 Å². The molecule has 3 aromatic heterocycles. The average molecular weight is 1100 g/mol. The Hall–Kier alpha value is -6.54. The van der Waals surface area contributed by atoms with E-state index in [1.165, 1.54) is 17.0 Å². The molecule has 0 unspecified atom stereocenters. The Balaban J connectivity index is 0.660. The van der Waals surface area contributed by atoms with Gasteiger partial charge in [0.1, 0.15) is 23.7 Å². The normalized spacial score (nSPS) is 17.8. The Labute approximate surface area is 465 Å². The van der Waals surface area contributed by atoms with E-state index in [1.54, 1.807) is 29.8 Å². The lowest BCUT2D eigenvalue weighted by Gasteiger charge is -2.35. The number of halogens is 2.